The molecule has 0 atom stereocenters. The van der Waals surface area contributed by atoms with Gasteiger partial charge in [0.05, 0.1) is 12.0 Å². The Morgan fingerprint density at radius 2 is 1.83 bits per heavy atom. The van der Waals surface area contributed by atoms with Crippen LogP contribution in [0.25, 0.3) is 5.69 Å². The Hall–Kier alpha value is -2.02. The van der Waals surface area contributed by atoms with E-state index in [0.717, 1.165) is 32.0 Å². The fourth-order valence-electron chi connectivity index (χ4n) is 3.27. The number of amides is 1. The SMILES string of the molecule is Cc1ccc(-n2c(C)c(Br)c(/C=N\NC(=O)CSc3ccc(Cl)cc3)c2C)c(C)c1. The first-order valence-corrected chi connectivity index (χ1v) is 11.6. The topological polar surface area (TPSA) is 46.4 Å². The van der Waals surface area contributed by atoms with E-state index in [1.807, 2.05) is 24.3 Å². The lowest BCUT2D eigenvalue weighted by atomic mass is 10.1. The van der Waals surface area contributed by atoms with E-state index in [1.54, 1.807) is 6.21 Å². The molecular formula is C23H23BrClN3OS. The molecule has 0 saturated carbocycles. The molecule has 1 aromatic heterocycles. The van der Waals surface area contributed by atoms with Crippen molar-refractivity contribution < 1.29 is 4.79 Å². The minimum Gasteiger partial charge on any atom is -0.316 e. The average Bonchev–Trinajstić information content (AvgIpc) is 2.91. The van der Waals surface area contributed by atoms with Crippen molar-refractivity contribution in [2.45, 2.75) is 32.6 Å². The lowest BCUT2D eigenvalue weighted by Gasteiger charge is -2.13. The second-order valence-electron chi connectivity index (χ2n) is 7.06. The molecule has 0 fully saturated rings. The summed E-state index contributed by atoms with van der Waals surface area (Å²) in [6, 6.07) is 13.8. The van der Waals surface area contributed by atoms with Gasteiger partial charge in [0.1, 0.15) is 0 Å². The van der Waals surface area contributed by atoms with Crippen LogP contribution in [0.4, 0.5) is 0 Å². The lowest BCUT2D eigenvalue weighted by Crippen LogP contribution is -2.19. The summed E-state index contributed by atoms with van der Waals surface area (Å²) in [5, 5.41) is 4.85. The highest BCUT2D eigenvalue weighted by Gasteiger charge is 2.17. The van der Waals surface area contributed by atoms with E-state index >= 15 is 0 Å². The van der Waals surface area contributed by atoms with Gasteiger partial charge in [-0.3, -0.25) is 4.79 Å². The summed E-state index contributed by atoms with van der Waals surface area (Å²) in [5.74, 6) is 0.118. The highest BCUT2D eigenvalue weighted by molar-refractivity contribution is 9.10. The summed E-state index contributed by atoms with van der Waals surface area (Å²) < 4.78 is 3.17. The molecular weight excluding hydrogens is 482 g/mol. The third-order valence-corrected chi connectivity index (χ3v) is 7.04. The fourth-order valence-corrected chi connectivity index (χ4v) is 4.66. The minimum atomic E-state index is -0.162. The normalized spacial score (nSPS) is 11.3. The van der Waals surface area contributed by atoms with Crippen LogP contribution < -0.4 is 5.43 Å². The van der Waals surface area contributed by atoms with Crippen molar-refractivity contribution >= 4 is 51.4 Å². The van der Waals surface area contributed by atoms with Crippen molar-refractivity contribution in [1.82, 2.24) is 9.99 Å². The maximum atomic E-state index is 12.1. The van der Waals surface area contributed by atoms with E-state index in [-0.39, 0.29) is 11.7 Å². The minimum absolute atomic E-state index is 0.162. The number of halogens is 2. The third kappa shape index (κ3) is 5.17. The van der Waals surface area contributed by atoms with E-state index in [0.29, 0.717) is 5.02 Å². The first kappa shape index (κ1) is 22.7. The summed E-state index contributed by atoms with van der Waals surface area (Å²) in [5.41, 5.74) is 9.28. The van der Waals surface area contributed by atoms with Crippen LogP contribution in [0.1, 0.15) is 28.1 Å². The zero-order chi connectivity index (χ0) is 21.8. The number of benzene rings is 2. The van der Waals surface area contributed by atoms with Crippen LogP contribution >= 0.6 is 39.3 Å². The van der Waals surface area contributed by atoms with Crippen molar-refractivity contribution in [3.05, 3.63) is 80.0 Å². The number of hydrazone groups is 1. The Kier molecular flexibility index (Phi) is 7.45. The van der Waals surface area contributed by atoms with Crippen LogP contribution in [0.2, 0.25) is 5.02 Å². The number of thioether (sulfide) groups is 1. The molecule has 0 saturated heterocycles. The Morgan fingerprint density at radius 3 is 2.50 bits per heavy atom. The second kappa shape index (κ2) is 9.86. The van der Waals surface area contributed by atoms with Crippen LogP contribution in [0.3, 0.4) is 0 Å². The van der Waals surface area contributed by atoms with E-state index in [2.05, 4.69) is 76.9 Å². The number of hydrogen-bond acceptors (Lipinski definition) is 3. The standard InChI is InChI=1S/C23H23BrClN3OS/c1-14-5-10-21(15(2)11-14)28-16(3)20(23(24)17(28)4)12-26-27-22(29)13-30-19-8-6-18(25)7-9-19/h5-12H,13H2,1-4H3,(H,27,29)/b26-12-. The number of nitrogens with one attached hydrogen (secondary N) is 1. The van der Waals surface area contributed by atoms with Gasteiger partial charge in [0, 0.05) is 37.0 Å². The number of rotatable bonds is 6. The molecule has 3 rings (SSSR count). The molecule has 0 aliphatic rings. The summed E-state index contributed by atoms with van der Waals surface area (Å²) in [4.78, 5) is 13.1. The van der Waals surface area contributed by atoms with Gasteiger partial charge in [0.2, 0.25) is 5.91 Å². The Balaban J connectivity index is 1.71. The van der Waals surface area contributed by atoms with Gasteiger partial charge >= 0.3 is 0 Å². The largest absolute Gasteiger partial charge is 0.316 e. The molecule has 0 bridgehead atoms. The average molecular weight is 505 g/mol. The maximum Gasteiger partial charge on any atom is 0.250 e. The molecule has 0 aliphatic carbocycles. The van der Waals surface area contributed by atoms with Crippen LogP contribution in [-0.4, -0.2) is 22.4 Å². The zero-order valence-electron chi connectivity index (χ0n) is 17.3. The van der Waals surface area contributed by atoms with Gasteiger partial charge in [-0.2, -0.15) is 5.10 Å². The zero-order valence-corrected chi connectivity index (χ0v) is 20.5. The molecule has 1 N–H and O–H groups in total. The molecule has 0 spiro atoms. The number of aromatic nitrogens is 1. The van der Waals surface area contributed by atoms with Gasteiger partial charge in [-0.05, 0) is 79.5 Å². The molecule has 3 aromatic rings. The Bertz CT molecular complexity index is 1110. The highest BCUT2D eigenvalue weighted by Crippen LogP contribution is 2.31. The molecule has 1 heterocycles. The van der Waals surface area contributed by atoms with Crippen molar-refractivity contribution in [3.63, 3.8) is 0 Å². The number of hydrogen-bond donors (Lipinski definition) is 1. The molecule has 0 radical (unpaired) electrons. The highest BCUT2D eigenvalue weighted by atomic mass is 79.9. The van der Waals surface area contributed by atoms with E-state index < -0.39 is 0 Å². The van der Waals surface area contributed by atoms with E-state index in [4.69, 9.17) is 11.6 Å². The van der Waals surface area contributed by atoms with Gasteiger partial charge in [0.25, 0.3) is 0 Å². The molecule has 7 heteroatoms. The van der Waals surface area contributed by atoms with Crippen molar-refractivity contribution in [2.75, 3.05) is 5.75 Å². The van der Waals surface area contributed by atoms with Crippen molar-refractivity contribution in [1.29, 1.82) is 0 Å². The Morgan fingerprint density at radius 1 is 1.13 bits per heavy atom. The summed E-state index contributed by atoms with van der Waals surface area (Å²) >= 11 is 11.0. The van der Waals surface area contributed by atoms with Gasteiger partial charge < -0.3 is 4.57 Å². The predicted octanol–water partition coefficient (Wildman–Crippen LogP) is 6.37. The molecule has 0 unspecified atom stereocenters. The number of carbonyl (C=O) groups is 1. The molecule has 0 aliphatic heterocycles. The Labute approximate surface area is 194 Å². The summed E-state index contributed by atoms with van der Waals surface area (Å²) in [7, 11) is 0. The molecule has 30 heavy (non-hydrogen) atoms. The van der Waals surface area contributed by atoms with Crippen LogP contribution in [0.5, 0.6) is 0 Å². The predicted molar refractivity (Wildman–Crippen MR) is 130 cm³/mol. The van der Waals surface area contributed by atoms with Gasteiger partial charge in [-0.1, -0.05) is 29.3 Å². The second-order valence-corrected chi connectivity index (χ2v) is 9.34. The molecule has 156 valence electrons. The monoisotopic (exact) mass is 503 g/mol. The fraction of sp³-hybridized carbons (Fsp3) is 0.217. The lowest BCUT2D eigenvalue weighted by molar-refractivity contribution is -0.118. The summed E-state index contributed by atoms with van der Waals surface area (Å²) in [6.07, 6.45) is 1.69. The van der Waals surface area contributed by atoms with Gasteiger partial charge in [-0.25, -0.2) is 5.43 Å². The maximum absolute atomic E-state index is 12.1. The van der Waals surface area contributed by atoms with Gasteiger partial charge in [0.15, 0.2) is 0 Å². The molecule has 2 aromatic carbocycles. The first-order chi connectivity index (χ1) is 14.3. The van der Waals surface area contributed by atoms with Gasteiger partial charge in [-0.15, -0.1) is 11.8 Å². The van der Waals surface area contributed by atoms with Crippen molar-refractivity contribution in [3.8, 4) is 5.69 Å². The van der Waals surface area contributed by atoms with Crippen LogP contribution in [0, 0.1) is 27.7 Å². The van der Waals surface area contributed by atoms with Crippen LogP contribution in [0.15, 0.2) is 56.9 Å². The quantitative estimate of drug-likeness (QED) is 0.241. The van der Waals surface area contributed by atoms with Crippen LogP contribution in [-0.2, 0) is 4.79 Å². The van der Waals surface area contributed by atoms with E-state index in [1.165, 1.54) is 22.9 Å². The first-order valence-electron chi connectivity index (χ1n) is 9.43. The van der Waals surface area contributed by atoms with Crippen molar-refractivity contribution in [2.24, 2.45) is 5.10 Å². The number of nitrogens with zero attached hydrogens (tertiary/aromatic N) is 2. The molecule has 4 nitrogen and oxygen atoms in total. The van der Waals surface area contributed by atoms with E-state index in [9.17, 15) is 4.79 Å². The molecule has 1 amide bonds. The third-order valence-electron chi connectivity index (χ3n) is 4.77. The number of carbonyl (C=O) groups excluding carboxylic acids is 1. The summed E-state index contributed by atoms with van der Waals surface area (Å²) in [6.45, 7) is 8.32. The number of aryl methyl sites for hydroxylation is 2. The smallest absolute Gasteiger partial charge is 0.250 e.